The van der Waals surface area contributed by atoms with Crippen molar-refractivity contribution in [2.24, 2.45) is 0 Å². The molecule has 0 aliphatic carbocycles. The molecule has 1 rings (SSSR count). The molecule has 0 fully saturated rings. The zero-order valence-electron chi connectivity index (χ0n) is 11.1. The fraction of sp³-hybridized carbons (Fsp3) is 0.417. The Morgan fingerprint density at radius 1 is 1.60 bits per heavy atom. The quantitative estimate of drug-likeness (QED) is 0.632. The molecule has 0 saturated heterocycles. The van der Waals surface area contributed by atoms with Gasteiger partial charge in [-0.1, -0.05) is 17.7 Å². The van der Waals surface area contributed by atoms with Crippen LogP contribution in [0.25, 0.3) is 0 Å². The molecule has 1 amide bonds. The van der Waals surface area contributed by atoms with Gasteiger partial charge in [0.05, 0.1) is 23.2 Å². The number of carbonyl (C=O) groups excluding carboxylic acids is 1. The van der Waals surface area contributed by atoms with E-state index < -0.39 is 16.9 Å². The molecule has 0 radical (unpaired) electrons. The SMILES string of the molecule is COCC(O)CN(C)C(=O)c1cccc([N+](=O)[O-])c1Cl. The number of carbonyl (C=O) groups is 1. The number of amides is 1. The normalized spacial score (nSPS) is 12.0. The summed E-state index contributed by atoms with van der Waals surface area (Å²) < 4.78 is 4.76. The molecule has 1 unspecified atom stereocenters. The number of nitro benzene ring substituents is 1. The van der Waals surface area contributed by atoms with Crippen LogP contribution in [0.1, 0.15) is 10.4 Å². The van der Waals surface area contributed by atoms with Gasteiger partial charge in [0.25, 0.3) is 11.6 Å². The number of aliphatic hydroxyl groups is 1. The molecule has 7 nitrogen and oxygen atoms in total. The maximum atomic E-state index is 12.1. The first-order chi connectivity index (χ1) is 9.38. The molecule has 0 aliphatic heterocycles. The number of benzene rings is 1. The van der Waals surface area contributed by atoms with Crippen LogP contribution in [0, 0.1) is 10.1 Å². The Hall–Kier alpha value is -1.70. The summed E-state index contributed by atoms with van der Waals surface area (Å²) in [5, 5.41) is 20.1. The first-order valence-electron chi connectivity index (χ1n) is 5.73. The van der Waals surface area contributed by atoms with Crippen molar-refractivity contribution in [3.05, 3.63) is 38.9 Å². The molecule has 0 spiro atoms. The van der Waals surface area contributed by atoms with Crippen LogP contribution < -0.4 is 0 Å². The van der Waals surface area contributed by atoms with Crippen molar-refractivity contribution in [3.8, 4) is 0 Å². The summed E-state index contributed by atoms with van der Waals surface area (Å²) in [6, 6.07) is 4.01. The maximum Gasteiger partial charge on any atom is 0.288 e. The van der Waals surface area contributed by atoms with Gasteiger partial charge in [-0.2, -0.15) is 0 Å². The second kappa shape index (κ2) is 7.18. The third-order valence-corrected chi connectivity index (χ3v) is 2.99. The minimum absolute atomic E-state index is 0.0213. The molecule has 1 N–H and O–H groups in total. The van der Waals surface area contributed by atoms with Gasteiger partial charge in [0, 0.05) is 26.8 Å². The Morgan fingerprint density at radius 3 is 2.80 bits per heavy atom. The third kappa shape index (κ3) is 3.89. The van der Waals surface area contributed by atoms with Gasteiger partial charge in [-0.25, -0.2) is 0 Å². The van der Waals surface area contributed by atoms with Crippen LogP contribution in [0.5, 0.6) is 0 Å². The largest absolute Gasteiger partial charge is 0.389 e. The van der Waals surface area contributed by atoms with Gasteiger partial charge in [0.2, 0.25) is 0 Å². The van der Waals surface area contributed by atoms with Crippen LogP contribution in [0.2, 0.25) is 5.02 Å². The highest BCUT2D eigenvalue weighted by Crippen LogP contribution is 2.28. The van der Waals surface area contributed by atoms with E-state index in [2.05, 4.69) is 0 Å². The molecule has 8 heteroatoms. The van der Waals surface area contributed by atoms with E-state index in [0.717, 1.165) is 0 Å². The molecule has 110 valence electrons. The Balaban J connectivity index is 2.92. The summed E-state index contributed by atoms with van der Waals surface area (Å²) in [6.07, 6.45) is -0.841. The van der Waals surface area contributed by atoms with Crippen molar-refractivity contribution in [1.29, 1.82) is 0 Å². The van der Waals surface area contributed by atoms with Gasteiger partial charge >= 0.3 is 0 Å². The lowest BCUT2D eigenvalue weighted by molar-refractivity contribution is -0.384. The van der Waals surface area contributed by atoms with E-state index in [4.69, 9.17) is 16.3 Å². The average molecular weight is 303 g/mol. The minimum atomic E-state index is -0.841. The number of likely N-dealkylation sites (N-methyl/N-ethyl adjacent to an activating group) is 1. The lowest BCUT2D eigenvalue weighted by atomic mass is 10.1. The second-order valence-corrected chi connectivity index (χ2v) is 4.57. The first kappa shape index (κ1) is 16.4. The average Bonchev–Trinajstić information content (AvgIpc) is 2.38. The van der Waals surface area contributed by atoms with Crippen molar-refractivity contribution in [2.75, 3.05) is 27.3 Å². The van der Waals surface area contributed by atoms with Crippen LogP contribution in [-0.2, 0) is 4.74 Å². The molecule has 0 aromatic heterocycles. The predicted molar refractivity (Wildman–Crippen MR) is 72.9 cm³/mol. The molecule has 1 aromatic carbocycles. The predicted octanol–water partition coefficient (Wildman–Crippen LogP) is 1.33. The van der Waals surface area contributed by atoms with Crippen LogP contribution in [0.4, 0.5) is 5.69 Å². The number of hydrogen-bond donors (Lipinski definition) is 1. The van der Waals surface area contributed by atoms with Crippen molar-refractivity contribution in [3.63, 3.8) is 0 Å². The highest BCUT2D eigenvalue weighted by Gasteiger charge is 2.23. The monoisotopic (exact) mass is 302 g/mol. The number of nitrogens with zero attached hydrogens (tertiary/aromatic N) is 2. The van der Waals surface area contributed by atoms with Gasteiger partial charge in [-0.05, 0) is 6.07 Å². The summed E-state index contributed by atoms with van der Waals surface area (Å²) in [7, 11) is 2.90. The smallest absolute Gasteiger partial charge is 0.288 e. The maximum absolute atomic E-state index is 12.1. The van der Waals surface area contributed by atoms with Crippen LogP contribution >= 0.6 is 11.6 Å². The number of methoxy groups -OCH3 is 1. The lowest BCUT2D eigenvalue weighted by Gasteiger charge is -2.20. The Labute approximate surface area is 120 Å². The van der Waals surface area contributed by atoms with E-state index in [-0.39, 0.29) is 29.4 Å². The Bertz CT molecular complexity index is 509. The van der Waals surface area contributed by atoms with Crippen molar-refractivity contribution < 1.29 is 19.6 Å². The van der Waals surface area contributed by atoms with Crippen LogP contribution in [0.15, 0.2) is 18.2 Å². The number of halogens is 1. The molecule has 0 saturated carbocycles. The van der Waals surface area contributed by atoms with Gasteiger partial charge in [-0.3, -0.25) is 14.9 Å². The van der Waals surface area contributed by atoms with Gasteiger partial charge in [0.15, 0.2) is 0 Å². The highest BCUT2D eigenvalue weighted by molar-refractivity contribution is 6.35. The summed E-state index contributed by atoms with van der Waals surface area (Å²) in [5.74, 6) is -0.506. The molecule has 0 heterocycles. The van der Waals surface area contributed by atoms with E-state index >= 15 is 0 Å². The van der Waals surface area contributed by atoms with Crippen LogP contribution in [0.3, 0.4) is 0 Å². The standard InChI is InChI=1S/C12H15ClN2O5/c1-14(6-8(16)7-20-2)12(17)9-4-3-5-10(11(9)13)15(18)19/h3-5,8,16H,6-7H2,1-2H3. The molecule has 20 heavy (non-hydrogen) atoms. The first-order valence-corrected chi connectivity index (χ1v) is 6.11. The second-order valence-electron chi connectivity index (χ2n) is 4.19. The van der Waals surface area contributed by atoms with E-state index in [1.54, 1.807) is 0 Å². The molecule has 1 atom stereocenters. The van der Waals surface area contributed by atoms with E-state index in [1.165, 1.54) is 37.3 Å². The highest BCUT2D eigenvalue weighted by atomic mass is 35.5. The number of ether oxygens (including phenoxy) is 1. The van der Waals surface area contributed by atoms with Crippen molar-refractivity contribution in [1.82, 2.24) is 4.90 Å². The Morgan fingerprint density at radius 2 is 2.25 bits per heavy atom. The van der Waals surface area contributed by atoms with E-state index in [0.29, 0.717) is 0 Å². The molecular formula is C12H15ClN2O5. The number of nitro groups is 1. The summed E-state index contributed by atoms with van der Waals surface area (Å²) in [4.78, 5) is 23.5. The number of hydrogen-bond acceptors (Lipinski definition) is 5. The number of aliphatic hydroxyl groups excluding tert-OH is 1. The van der Waals surface area contributed by atoms with Crippen LogP contribution in [-0.4, -0.2) is 54.3 Å². The third-order valence-electron chi connectivity index (χ3n) is 2.60. The van der Waals surface area contributed by atoms with E-state index in [9.17, 15) is 20.0 Å². The van der Waals surface area contributed by atoms with Gasteiger partial charge < -0.3 is 14.7 Å². The number of rotatable bonds is 6. The minimum Gasteiger partial charge on any atom is -0.389 e. The fourth-order valence-electron chi connectivity index (χ4n) is 1.68. The summed E-state index contributed by atoms with van der Waals surface area (Å²) in [6.45, 7) is 0.117. The molecule has 0 aliphatic rings. The molecular weight excluding hydrogens is 288 g/mol. The molecule has 1 aromatic rings. The van der Waals surface area contributed by atoms with Crippen molar-refractivity contribution >= 4 is 23.2 Å². The molecule has 0 bridgehead atoms. The lowest BCUT2D eigenvalue weighted by Crippen LogP contribution is -2.36. The van der Waals surface area contributed by atoms with Gasteiger partial charge in [-0.15, -0.1) is 0 Å². The topological polar surface area (TPSA) is 92.9 Å². The zero-order chi connectivity index (χ0) is 15.3. The van der Waals surface area contributed by atoms with E-state index in [1.807, 2.05) is 0 Å². The fourth-order valence-corrected chi connectivity index (χ4v) is 1.95. The Kier molecular flexibility index (Phi) is 5.87. The zero-order valence-corrected chi connectivity index (χ0v) is 11.8. The summed E-state index contributed by atoms with van der Waals surface area (Å²) in [5.41, 5.74) is -0.309. The van der Waals surface area contributed by atoms with Gasteiger partial charge in [0.1, 0.15) is 5.02 Å². The van der Waals surface area contributed by atoms with Crippen molar-refractivity contribution in [2.45, 2.75) is 6.10 Å². The summed E-state index contributed by atoms with van der Waals surface area (Å²) >= 11 is 5.86.